The van der Waals surface area contributed by atoms with Crippen LogP contribution in [0.3, 0.4) is 0 Å². The van der Waals surface area contributed by atoms with Gasteiger partial charge in [-0.2, -0.15) is 13.2 Å². The van der Waals surface area contributed by atoms with Crippen molar-refractivity contribution < 1.29 is 17.9 Å². The van der Waals surface area contributed by atoms with Crippen molar-refractivity contribution in [3.05, 3.63) is 35.4 Å². The number of halogens is 3. The largest absolute Gasteiger partial charge is 0.416 e. The molecule has 0 amide bonds. The molecule has 1 aromatic carbocycles. The Hall–Kier alpha value is -1.07. The lowest BCUT2D eigenvalue weighted by Gasteiger charge is -2.32. The van der Waals surface area contributed by atoms with Gasteiger partial charge in [0.1, 0.15) is 0 Å². The number of ether oxygens (including phenoxy) is 1. The number of rotatable bonds is 5. The minimum Gasteiger partial charge on any atom is -0.377 e. The van der Waals surface area contributed by atoms with Crippen LogP contribution in [-0.2, 0) is 17.3 Å². The van der Waals surface area contributed by atoms with Crippen LogP contribution in [0, 0.1) is 11.3 Å². The summed E-state index contributed by atoms with van der Waals surface area (Å²) in [6.07, 6.45) is -2.44. The second kappa shape index (κ2) is 7.44. The predicted molar refractivity (Wildman–Crippen MR) is 89.9 cm³/mol. The van der Waals surface area contributed by atoms with Crippen LogP contribution in [0.25, 0.3) is 0 Å². The molecule has 24 heavy (non-hydrogen) atoms. The second-order valence-corrected chi connectivity index (χ2v) is 7.92. The Bertz CT molecular complexity index is 536. The van der Waals surface area contributed by atoms with Gasteiger partial charge in [0.05, 0.1) is 11.7 Å². The summed E-state index contributed by atoms with van der Waals surface area (Å²) in [5, 5.41) is 3.47. The smallest absolute Gasteiger partial charge is 0.377 e. The van der Waals surface area contributed by atoms with Gasteiger partial charge < -0.3 is 10.1 Å². The molecule has 5 heteroatoms. The van der Waals surface area contributed by atoms with Crippen LogP contribution < -0.4 is 5.32 Å². The van der Waals surface area contributed by atoms with Gasteiger partial charge in [-0.15, -0.1) is 0 Å². The van der Waals surface area contributed by atoms with Gasteiger partial charge in [-0.1, -0.05) is 39.0 Å². The molecule has 2 nitrogen and oxygen atoms in total. The first-order chi connectivity index (χ1) is 11.1. The van der Waals surface area contributed by atoms with Gasteiger partial charge in [-0.05, 0) is 36.8 Å². The van der Waals surface area contributed by atoms with E-state index < -0.39 is 11.7 Å². The quantitative estimate of drug-likeness (QED) is 0.838. The molecule has 136 valence electrons. The van der Waals surface area contributed by atoms with Crippen molar-refractivity contribution in [3.63, 3.8) is 0 Å². The molecule has 1 unspecified atom stereocenters. The third-order valence-corrected chi connectivity index (χ3v) is 4.59. The summed E-state index contributed by atoms with van der Waals surface area (Å²) in [6.45, 7) is 10.2. The van der Waals surface area contributed by atoms with Crippen LogP contribution in [0.2, 0.25) is 0 Å². The molecule has 1 aliphatic heterocycles. The zero-order valence-corrected chi connectivity index (χ0v) is 14.9. The number of nitrogens with one attached hydrogen (secondary N) is 1. The maximum Gasteiger partial charge on any atom is 0.416 e. The molecule has 0 bridgehead atoms. The molecule has 2 rings (SSSR count). The van der Waals surface area contributed by atoms with Gasteiger partial charge in [0, 0.05) is 25.1 Å². The van der Waals surface area contributed by atoms with Crippen LogP contribution in [0.4, 0.5) is 13.2 Å². The Labute approximate surface area is 142 Å². The summed E-state index contributed by atoms with van der Waals surface area (Å²) in [6, 6.07) is 5.71. The van der Waals surface area contributed by atoms with Crippen LogP contribution in [0.15, 0.2) is 24.3 Å². The number of hydrogen-bond donors (Lipinski definition) is 1. The highest BCUT2D eigenvalue weighted by Gasteiger charge is 2.37. The topological polar surface area (TPSA) is 21.3 Å². The normalized spacial score (nSPS) is 23.5. The van der Waals surface area contributed by atoms with Crippen molar-refractivity contribution in [1.29, 1.82) is 0 Å². The Balaban J connectivity index is 1.89. The van der Waals surface area contributed by atoms with E-state index in [0.29, 0.717) is 17.9 Å². The molecule has 1 aliphatic rings. The Morgan fingerprint density at radius 3 is 2.58 bits per heavy atom. The average molecular weight is 343 g/mol. The van der Waals surface area contributed by atoms with Crippen LogP contribution in [-0.4, -0.2) is 25.3 Å². The van der Waals surface area contributed by atoms with Gasteiger partial charge in [0.15, 0.2) is 0 Å². The van der Waals surface area contributed by atoms with Crippen molar-refractivity contribution in [2.24, 2.45) is 11.3 Å². The van der Waals surface area contributed by atoms with Gasteiger partial charge in [-0.3, -0.25) is 0 Å². The molecular weight excluding hydrogens is 315 g/mol. The Morgan fingerprint density at radius 1 is 1.25 bits per heavy atom. The SMILES string of the molecule is CC(Cc1cccc(C(F)(F)F)c1)NC[C@H]1CCO[C@@H]1C(C)(C)C. The molecule has 0 aromatic heterocycles. The first-order valence-corrected chi connectivity index (χ1v) is 8.58. The number of alkyl halides is 3. The number of benzene rings is 1. The Kier molecular flexibility index (Phi) is 5.97. The third-order valence-electron chi connectivity index (χ3n) is 4.59. The highest BCUT2D eigenvalue weighted by atomic mass is 19.4. The summed E-state index contributed by atoms with van der Waals surface area (Å²) in [4.78, 5) is 0. The molecule has 1 N–H and O–H groups in total. The van der Waals surface area contributed by atoms with E-state index in [2.05, 4.69) is 26.1 Å². The summed E-state index contributed by atoms with van der Waals surface area (Å²) >= 11 is 0. The molecule has 1 heterocycles. The van der Waals surface area contributed by atoms with Gasteiger partial charge in [0.25, 0.3) is 0 Å². The minimum atomic E-state index is -4.28. The predicted octanol–water partition coefficient (Wildman–Crippen LogP) is 4.68. The van der Waals surface area contributed by atoms with Gasteiger partial charge in [0.2, 0.25) is 0 Å². The van der Waals surface area contributed by atoms with E-state index in [-0.39, 0.29) is 17.6 Å². The standard InChI is InChI=1S/C19H28F3NO/c1-13(10-14-6-5-7-16(11-14)19(20,21)22)23-12-15-8-9-24-17(15)18(2,3)4/h5-7,11,13,15,17,23H,8-10,12H2,1-4H3/t13?,15-,17+/m1/s1. The average Bonchev–Trinajstić information content (AvgIpc) is 2.93. The lowest BCUT2D eigenvalue weighted by Crippen LogP contribution is -2.40. The van der Waals surface area contributed by atoms with E-state index in [4.69, 9.17) is 4.74 Å². The number of hydrogen-bond acceptors (Lipinski definition) is 2. The monoisotopic (exact) mass is 343 g/mol. The zero-order chi connectivity index (χ0) is 18.0. The second-order valence-electron chi connectivity index (χ2n) is 7.92. The van der Waals surface area contributed by atoms with E-state index in [1.54, 1.807) is 6.07 Å². The molecular formula is C19H28F3NO. The molecule has 0 aliphatic carbocycles. The molecule has 1 saturated heterocycles. The van der Waals surface area contributed by atoms with Crippen molar-refractivity contribution in [3.8, 4) is 0 Å². The van der Waals surface area contributed by atoms with E-state index in [1.807, 2.05) is 6.92 Å². The van der Waals surface area contributed by atoms with Crippen LogP contribution in [0.1, 0.15) is 45.2 Å². The Morgan fingerprint density at radius 2 is 1.96 bits per heavy atom. The maximum absolute atomic E-state index is 12.8. The molecule has 0 spiro atoms. The lowest BCUT2D eigenvalue weighted by molar-refractivity contribution is -0.137. The van der Waals surface area contributed by atoms with E-state index in [9.17, 15) is 13.2 Å². The zero-order valence-electron chi connectivity index (χ0n) is 14.9. The first-order valence-electron chi connectivity index (χ1n) is 8.58. The van der Waals surface area contributed by atoms with Crippen molar-refractivity contribution in [2.75, 3.05) is 13.2 Å². The molecule has 3 atom stereocenters. The molecule has 0 radical (unpaired) electrons. The highest BCUT2D eigenvalue weighted by molar-refractivity contribution is 5.26. The van der Waals surface area contributed by atoms with E-state index in [1.165, 1.54) is 12.1 Å². The fourth-order valence-electron chi connectivity index (χ4n) is 3.45. The van der Waals surface area contributed by atoms with Gasteiger partial charge >= 0.3 is 6.18 Å². The third kappa shape index (κ3) is 5.21. The summed E-state index contributed by atoms with van der Waals surface area (Å²) in [7, 11) is 0. The molecule has 1 fully saturated rings. The van der Waals surface area contributed by atoms with Crippen LogP contribution in [0.5, 0.6) is 0 Å². The fourth-order valence-corrected chi connectivity index (χ4v) is 3.45. The van der Waals surface area contributed by atoms with Gasteiger partial charge in [-0.25, -0.2) is 0 Å². The summed E-state index contributed by atoms with van der Waals surface area (Å²) in [5.41, 5.74) is 0.233. The fraction of sp³-hybridized carbons (Fsp3) is 0.684. The first kappa shape index (κ1) is 19.3. The van der Waals surface area contributed by atoms with Crippen molar-refractivity contribution in [1.82, 2.24) is 5.32 Å². The summed E-state index contributed by atoms with van der Waals surface area (Å²) < 4.78 is 44.2. The molecule has 0 saturated carbocycles. The summed E-state index contributed by atoms with van der Waals surface area (Å²) in [5.74, 6) is 0.453. The maximum atomic E-state index is 12.8. The van der Waals surface area contributed by atoms with Crippen LogP contribution >= 0.6 is 0 Å². The van der Waals surface area contributed by atoms with Crippen molar-refractivity contribution >= 4 is 0 Å². The van der Waals surface area contributed by atoms with Crippen molar-refractivity contribution in [2.45, 2.75) is 58.9 Å². The highest BCUT2D eigenvalue weighted by Crippen LogP contribution is 2.34. The van der Waals surface area contributed by atoms with E-state index in [0.717, 1.165) is 25.6 Å². The molecule has 1 aromatic rings. The minimum absolute atomic E-state index is 0.104. The van der Waals surface area contributed by atoms with E-state index >= 15 is 0 Å². The lowest BCUT2D eigenvalue weighted by atomic mass is 9.81.